The van der Waals surface area contributed by atoms with Crippen molar-refractivity contribution >= 4 is 32.6 Å². The maximum atomic E-state index is 6.53. The summed E-state index contributed by atoms with van der Waals surface area (Å²) >= 11 is 0. The monoisotopic (exact) mass is 678 g/mol. The van der Waals surface area contributed by atoms with Crippen LogP contribution in [0.5, 0.6) is 0 Å². The Morgan fingerprint density at radius 3 is 1.68 bits per heavy atom. The number of nitrogens with zero attached hydrogens (tertiary/aromatic N) is 4. The van der Waals surface area contributed by atoms with E-state index in [0.29, 0.717) is 28.9 Å². The molecule has 0 bridgehead atoms. The molecule has 10 rings (SSSR count). The molecule has 0 fully saturated rings. The van der Waals surface area contributed by atoms with Gasteiger partial charge in [-0.2, -0.15) is 0 Å². The van der Waals surface area contributed by atoms with Gasteiger partial charge >= 0.3 is 0 Å². The Kier molecular flexibility index (Phi) is 7.40. The van der Waals surface area contributed by atoms with E-state index in [4.69, 9.17) is 24.4 Å². The van der Waals surface area contributed by atoms with E-state index in [1.54, 1.807) is 0 Å². The highest BCUT2D eigenvalue weighted by molar-refractivity contribution is 6.10. The van der Waals surface area contributed by atoms with Gasteiger partial charge in [0.25, 0.3) is 0 Å². The molecule has 2 heterocycles. The summed E-state index contributed by atoms with van der Waals surface area (Å²) in [6.07, 6.45) is 0. The highest BCUT2D eigenvalue weighted by Gasteiger charge is 2.19. The van der Waals surface area contributed by atoms with Gasteiger partial charge in [0.2, 0.25) is 5.89 Å². The Morgan fingerprint density at radius 1 is 0.321 bits per heavy atom. The van der Waals surface area contributed by atoms with E-state index in [1.807, 2.05) is 48.5 Å². The van der Waals surface area contributed by atoms with Crippen molar-refractivity contribution in [3.05, 3.63) is 182 Å². The van der Waals surface area contributed by atoms with Crippen molar-refractivity contribution in [1.29, 1.82) is 0 Å². The maximum absolute atomic E-state index is 6.53. The third kappa shape index (κ3) is 5.71. The minimum Gasteiger partial charge on any atom is -0.435 e. The van der Waals surface area contributed by atoms with Gasteiger partial charge in [0.15, 0.2) is 23.1 Å². The topological polar surface area (TPSA) is 64.7 Å². The van der Waals surface area contributed by atoms with Gasteiger partial charge in [-0.3, -0.25) is 0 Å². The van der Waals surface area contributed by atoms with E-state index in [-0.39, 0.29) is 0 Å². The van der Waals surface area contributed by atoms with E-state index in [1.165, 1.54) is 10.8 Å². The molecule has 0 N–H and O–H groups in total. The van der Waals surface area contributed by atoms with Crippen LogP contribution in [0.1, 0.15) is 0 Å². The lowest BCUT2D eigenvalue weighted by Crippen LogP contribution is -2.01. The Labute approximate surface area is 305 Å². The van der Waals surface area contributed by atoms with Crippen LogP contribution >= 0.6 is 0 Å². The summed E-state index contributed by atoms with van der Waals surface area (Å²) in [5.74, 6) is 2.31. The molecule has 0 spiro atoms. The van der Waals surface area contributed by atoms with Crippen LogP contribution in [-0.2, 0) is 0 Å². The molecule has 0 unspecified atom stereocenters. The average molecular weight is 679 g/mol. The van der Waals surface area contributed by atoms with Crippen LogP contribution in [0.25, 0.3) is 101 Å². The predicted molar refractivity (Wildman–Crippen MR) is 215 cm³/mol. The normalized spacial score (nSPS) is 11.4. The van der Waals surface area contributed by atoms with Gasteiger partial charge in [0.05, 0.1) is 0 Å². The van der Waals surface area contributed by atoms with Crippen LogP contribution in [-0.4, -0.2) is 19.9 Å². The molecule has 10 aromatic rings. The fraction of sp³-hybridized carbons (Fsp3) is 0. The number of hydrogen-bond acceptors (Lipinski definition) is 5. The fourth-order valence-corrected chi connectivity index (χ4v) is 7.05. The van der Waals surface area contributed by atoms with Crippen LogP contribution in [0.3, 0.4) is 0 Å². The molecule has 0 saturated heterocycles. The standard InChI is InChI=1S/C48H30N4O/c1-3-11-31(12-4-1)33-21-24-35(25-22-33)45-50-46(40-19-9-18-38(30-40)39-26-23-32-13-7-8-16-37(32)29-39)52-47(51-45)41-20-10-17-34-27-28-42-44(43(34)41)53-48(49-42)36-14-5-2-6-15-36/h1-30H. The first-order chi connectivity index (χ1) is 26.2. The molecule has 0 atom stereocenters. The van der Waals surface area contributed by atoms with Crippen molar-refractivity contribution in [2.45, 2.75) is 0 Å². The van der Waals surface area contributed by atoms with E-state index < -0.39 is 0 Å². The molecule has 0 aliphatic carbocycles. The van der Waals surface area contributed by atoms with Gasteiger partial charge in [0, 0.05) is 27.6 Å². The molecular formula is C48H30N4O. The summed E-state index contributed by atoms with van der Waals surface area (Å²) in [6.45, 7) is 0. The van der Waals surface area contributed by atoms with E-state index in [9.17, 15) is 0 Å². The van der Waals surface area contributed by atoms with E-state index in [2.05, 4.69) is 133 Å². The summed E-state index contributed by atoms with van der Waals surface area (Å²) in [4.78, 5) is 20.3. The maximum Gasteiger partial charge on any atom is 0.227 e. The Hall–Kier alpha value is -7.24. The summed E-state index contributed by atoms with van der Waals surface area (Å²) < 4.78 is 6.53. The molecule has 53 heavy (non-hydrogen) atoms. The molecule has 2 aromatic heterocycles. The third-order valence-corrected chi connectivity index (χ3v) is 9.75. The van der Waals surface area contributed by atoms with Crippen molar-refractivity contribution < 1.29 is 4.42 Å². The van der Waals surface area contributed by atoms with Gasteiger partial charge in [-0.25, -0.2) is 19.9 Å². The largest absolute Gasteiger partial charge is 0.435 e. The van der Waals surface area contributed by atoms with Gasteiger partial charge in [-0.15, -0.1) is 0 Å². The van der Waals surface area contributed by atoms with Crippen LogP contribution < -0.4 is 0 Å². The second-order valence-electron chi connectivity index (χ2n) is 13.1. The predicted octanol–water partition coefficient (Wildman–Crippen LogP) is 12.3. The number of oxazole rings is 1. The summed E-state index contributed by atoms with van der Waals surface area (Å²) in [6, 6.07) is 62.5. The molecule has 0 aliphatic rings. The zero-order valence-corrected chi connectivity index (χ0v) is 28.5. The Bertz CT molecular complexity index is 2940. The van der Waals surface area contributed by atoms with Gasteiger partial charge < -0.3 is 4.42 Å². The molecule has 5 nitrogen and oxygen atoms in total. The quantitative estimate of drug-likeness (QED) is 0.175. The molecular weight excluding hydrogens is 649 g/mol. The van der Waals surface area contributed by atoms with Crippen LogP contribution in [0.2, 0.25) is 0 Å². The Balaban J connectivity index is 1.15. The second kappa shape index (κ2) is 12.8. The summed E-state index contributed by atoms with van der Waals surface area (Å²) in [7, 11) is 0. The third-order valence-electron chi connectivity index (χ3n) is 9.75. The highest BCUT2D eigenvalue weighted by atomic mass is 16.3. The van der Waals surface area contributed by atoms with Crippen molar-refractivity contribution in [1.82, 2.24) is 19.9 Å². The summed E-state index contributed by atoms with van der Waals surface area (Å²) in [5, 5.41) is 4.33. The van der Waals surface area contributed by atoms with Crippen LogP contribution in [0.15, 0.2) is 186 Å². The first-order valence-electron chi connectivity index (χ1n) is 17.6. The van der Waals surface area contributed by atoms with Crippen molar-refractivity contribution in [2.75, 3.05) is 0 Å². The van der Waals surface area contributed by atoms with E-state index >= 15 is 0 Å². The lowest BCUT2D eigenvalue weighted by molar-refractivity contribution is 0.623. The number of aromatic nitrogens is 4. The van der Waals surface area contributed by atoms with Crippen molar-refractivity contribution in [3.8, 4) is 67.9 Å². The minimum atomic E-state index is 0.559. The molecule has 0 aliphatic heterocycles. The lowest BCUT2D eigenvalue weighted by atomic mass is 9.99. The zero-order chi connectivity index (χ0) is 35.1. The smallest absolute Gasteiger partial charge is 0.227 e. The minimum absolute atomic E-state index is 0.559. The van der Waals surface area contributed by atoms with Gasteiger partial charge in [-0.05, 0) is 68.7 Å². The number of benzene rings is 8. The average Bonchev–Trinajstić information content (AvgIpc) is 3.69. The molecule has 5 heteroatoms. The van der Waals surface area contributed by atoms with Crippen molar-refractivity contribution in [2.24, 2.45) is 0 Å². The SMILES string of the molecule is c1ccc(-c2ccc(-c3nc(-c4cccc(-c5ccc6ccccc6c5)c4)nc(-c4cccc5ccc6nc(-c7ccccc7)oc6c45)n3)cc2)cc1. The molecule has 8 aromatic carbocycles. The van der Waals surface area contributed by atoms with E-state index in [0.717, 1.165) is 60.8 Å². The fourth-order valence-electron chi connectivity index (χ4n) is 7.05. The molecule has 0 saturated carbocycles. The number of hydrogen-bond donors (Lipinski definition) is 0. The Morgan fingerprint density at radius 2 is 0.868 bits per heavy atom. The first-order valence-corrected chi connectivity index (χ1v) is 17.6. The first kappa shape index (κ1) is 30.6. The van der Waals surface area contributed by atoms with Crippen molar-refractivity contribution in [3.63, 3.8) is 0 Å². The molecule has 0 radical (unpaired) electrons. The van der Waals surface area contributed by atoms with Crippen LogP contribution in [0.4, 0.5) is 0 Å². The summed E-state index contributed by atoms with van der Waals surface area (Å²) in [5.41, 5.74) is 9.55. The number of fused-ring (bicyclic) bond motifs is 4. The lowest BCUT2D eigenvalue weighted by Gasteiger charge is -2.12. The highest BCUT2D eigenvalue weighted by Crippen LogP contribution is 2.37. The molecule has 248 valence electrons. The van der Waals surface area contributed by atoms with Gasteiger partial charge in [0.1, 0.15) is 5.52 Å². The zero-order valence-electron chi connectivity index (χ0n) is 28.5. The van der Waals surface area contributed by atoms with Crippen LogP contribution in [0, 0.1) is 0 Å². The number of rotatable bonds is 6. The second-order valence-corrected chi connectivity index (χ2v) is 13.1. The van der Waals surface area contributed by atoms with Gasteiger partial charge in [-0.1, -0.05) is 152 Å². The molecule has 0 amide bonds.